The molecule has 0 saturated carbocycles. The van der Waals surface area contributed by atoms with Crippen LogP contribution >= 0.6 is 15.9 Å². The van der Waals surface area contributed by atoms with Crippen LogP contribution in [0.5, 0.6) is 0 Å². The number of piperazine rings is 1. The molecule has 0 bridgehead atoms. The quantitative estimate of drug-likeness (QED) is 0.809. The van der Waals surface area contributed by atoms with Crippen LogP contribution in [0.15, 0.2) is 16.6 Å². The summed E-state index contributed by atoms with van der Waals surface area (Å²) in [6.45, 7) is 6.20. The Hall–Kier alpha value is -0.810. The summed E-state index contributed by atoms with van der Waals surface area (Å²) in [4.78, 5) is 4.58. The lowest BCUT2D eigenvalue weighted by atomic mass is 10.1. The molecule has 2 atom stereocenters. The smallest absolute Gasteiger partial charge is 0.139 e. The maximum absolute atomic E-state index is 13.4. The second kappa shape index (κ2) is 5.05. The summed E-state index contributed by atoms with van der Waals surface area (Å²) in [5.41, 5.74) is 7.34. The SMILES string of the molecule is CC1CN(c2cc(Br)c(F)cc2N)CC(C)N1C. The number of hydrogen-bond acceptors (Lipinski definition) is 3. The minimum absolute atomic E-state index is 0.313. The Bertz CT molecular complexity index is 440. The standard InChI is InChI=1S/C13H19BrFN3/c1-8-6-18(7-9(2)17(8)3)13-4-10(14)11(15)5-12(13)16/h4-5,8-9H,6-7,16H2,1-3H3. The molecule has 3 nitrogen and oxygen atoms in total. The first kappa shape index (κ1) is 13.6. The molecule has 0 amide bonds. The highest BCUT2D eigenvalue weighted by Gasteiger charge is 2.27. The summed E-state index contributed by atoms with van der Waals surface area (Å²) in [5.74, 6) is -0.313. The van der Waals surface area contributed by atoms with Crippen molar-refractivity contribution in [2.75, 3.05) is 30.8 Å². The summed E-state index contributed by atoms with van der Waals surface area (Å²) >= 11 is 3.22. The fraction of sp³-hybridized carbons (Fsp3) is 0.538. The molecule has 5 heteroatoms. The molecule has 1 aromatic rings. The molecule has 2 rings (SSSR count). The molecule has 1 aromatic carbocycles. The van der Waals surface area contributed by atoms with E-state index in [0.29, 0.717) is 22.2 Å². The van der Waals surface area contributed by atoms with Gasteiger partial charge in [-0.25, -0.2) is 4.39 Å². The second-order valence-corrected chi connectivity index (χ2v) is 5.95. The topological polar surface area (TPSA) is 32.5 Å². The molecule has 0 spiro atoms. The van der Waals surface area contributed by atoms with E-state index in [1.165, 1.54) is 6.07 Å². The molecule has 0 aliphatic carbocycles. The van der Waals surface area contributed by atoms with Crippen molar-refractivity contribution < 1.29 is 4.39 Å². The maximum Gasteiger partial charge on any atom is 0.139 e. The predicted octanol–water partition coefficient (Wildman–Crippen LogP) is 2.70. The van der Waals surface area contributed by atoms with Gasteiger partial charge in [-0.15, -0.1) is 0 Å². The van der Waals surface area contributed by atoms with Crippen LogP contribution in [0.25, 0.3) is 0 Å². The van der Waals surface area contributed by atoms with E-state index >= 15 is 0 Å². The molecule has 1 fully saturated rings. The normalized spacial score (nSPS) is 25.5. The summed E-state index contributed by atoms with van der Waals surface area (Å²) in [6, 6.07) is 4.07. The molecule has 1 saturated heterocycles. The third-order valence-corrected chi connectivity index (χ3v) is 4.38. The largest absolute Gasteiger partial charge is 0.397 e. The zero-order valence-electron chi connectivity index (χ0n) is 11.0. The van der Waals surface area contributed by atoms with Gasteiger partial charge in [0, 0.05) is 31.2 Å². The number of nitrogen functional groups attached to an aromatic ring is 1. The highest BCUT2D eigenvalue weighted by molar-refractivity contribution is 9.10. The Morgan fingerprint density at radius 3 is 2.39 bits per heavy atom. The monoisotopic (exact) mass is 315 g/mol. The van der Waals surface area contributed by atoms with Gasteiger partial charge in [-0.05, 0) is 42.9 Å². The predicted molar refractivity (Wildman–Crippen MR) is 77.4 cm³/mol. The van der Waals surface area contributed by atoms with Crippen LogP contribution in [0.3, 0.4) is 0 Å². The Morgan fingerprint density at radius 2 is 1.83 bits per heavy atom. The molecule has 100 valence electrons. The minimum atomic E-state index is -0.313. The highest BCUT2D eigenvalue weighted by Crippen LogP contribution is 2.31. The van der Waals surface area contributed by atoms with Crippen LogP contribution < -0.4 is 10.6 Å². The number of halogens is 2. The van der Waals surface area contributed by atoms with Crippen molar-refractivity contribution >= 4 is 27.3 Å². The number of likely N-dealkylation sites (N-methyl/N-ethyl adjacent to an activating group) is 1. The number of anilines is 2. The zero-order chi connectivity index (χ0) is 13.4. The number of hydrogen-bond donors (Lipinski definition) is 1. The fourth-order valence-corrected chi connectivity index (χ4v) is 2.76. The molecule has 0 radical (unpaired) electrons. The molecule has 18 heavy (non-hydrogen) atoms. The third-order valence-electron chi connectivity index (χ3n) is 3.77. The average Bonchev–Trinajstić information content (AvgIpc) is 2.30. The van der Waals surface area contributed by atoms with Crippen molar-refractivity contribution in [3.63, 3.8) is 0 Å². The van der Waals surface area contributed by atoms with E-state index in [1.807, 2.05) is 0 Å². The highest BCUT2D eigenvalue weighted by atomic mass is 79.9. The van der Waals surface area contributed by atoms with Crippen LogP contribution in [0.4, 0.5) is 15.8 Å². The van der Waals surface area contributed by atoms with Crippen molar-refractivity contribution in [3.8, 4) is 0 Å². The van der Waals surface area contributed by atoms with Crippen LogP contribution in [-0.2, 0) is 0 Å². The Balaban J connectivity index is 2.29. The van der Waals surface area contributed by atoms with E-state index < -0.39 is 0 Å². The van der Waals surface area contributed by atoms with Gasteiger partial charge in [-0.3, -0.25) is 4.90 Å². The van der Waals surface area contributed by atoms with Gasteiger partial charge < -0.3 is 10.6 Å². The average molecular weight is 316 g/mol. The molecule has 2 N–H and O–H groups in total. The van der Waals surface area contributed by atoms with Crippen LogP contribution in [0.2, 0.25) is 0 Å². The maximum atomic E-state index is 13.4. The Morgan fingerprint density at radius 1 is 1.28 bits per heavy atom. The summed E-state index contributed by atoms with van der Waals surface area (Å²) < 4.78 is 13.9. The van der Waals surface area contributed by atoms with Gasteiger partial charge in [-0.1, -0.05) is 0 Å². The lowest BCUT2D eigenvalue weighted by Gasteiger charge is -2.43. The molecule has 1 aliphatic rings. The van der Waals surface area contributed by atoms with Crippen molar-refractivity contribution in [2.45, 2.75) is 25.9 Å². The van der Waals surface area contributed by atoms with Crippen LogP contribution in [-0.4, -0.2) is 37.1 Å². The van der Waals surface area contributed by atoms with Crippen LogP contribution in [0.1, 0.15) is 13.8 Å². The number of nitrogens with zero attached hydrogens (tertiary/aromatic N) is 2. The van der Waals surface area contributed by atoms with E-state index in [4.69, 9.17) is 5.73 Å². The van der Waals surface area contributed by atoms with Crippen molar-refractivity contribution in [2.24, 2.45) is 0 Å². The number of rotatable bonds is 1. The van der Waals surface area contributed by atoms with E-state index in [1.54, 1.807) is 6.07 Å². The summed E-state index contributed by atoms with van der Waals surface area (Å²) in [5, 5.41) is 0. The van der Waals surface area contributed by atoms with Gasteiger partial charge in [-0.2, -0.15) is 0 Å². The first-order valence-electron chi connectivity index (χ1n) is 6.11. The van der Waals surface area contributed by atoms with Gasteiger partial charge in [0.25, 0.3) is 0 Å². The lowest BCUT2D eigenvalue weighted by Crippen LogP contribution is -2.55. The van der Waals surface area contributed by atoms with Gasteiger partial charge in [0.2, 0.25) is 0 Å². The van der Waals surface area contributed by atoms with Crippen molar-refractivity contribution in [3.05, 3.63) is 22.4 Å². The molecule has 0 aromatic heterocycles. The first-order chi connectivity index (χ1) is 8.40. The molecular weight excluding hydrogens is 297 g/mol. The Kier molecular flexibility index (Phi) is 3.82. The Labute approximate surface area is 116 Å². The number of benzene rings is 1. The molecule has 2 unspecified atom stereocenters. The fourth-order valence-electron chi connectivity index (χ4n) is 2.43. The summed E-state index contributed by atoms with van der Waals surface area (Å²) in [6.07, 6.45) is 0. The molecular formula is C13H19BrFN3. The summed E-state index contributed by atoms with van der Waals surface area (Å²) in [7, 11) is 2.14. The van der Waals surface area contributed by atoms with Crippen molar-refractivity contribution in [1.82, 2.24) is 4.90 Å². The first-order valence-corrected chi connectivity index (χ1v) is 6.91. The third kappa shape index (κ3) is 2.47. The molecule has 1 heterocycles. The van der Waals surface area contributed by atoms with Gasteiger partial charge in [0.15, 0.2) is 0 Å². The van der Waals surface area contributed by atoms with Gasteiger partial charge >= 0.3 is 0 Å². The molecule has 1 aliphatic heterocycles. The van der Waals surface area contributed by atoms with Crippen LogP contribution in [0, 0.1) is 5.82 Å². The van der Waals surface area contributed by atoms with E-state index in [-0.39, 0.29) is 5.82 Å². The minimum Gasteiger partial charge on any atom is -0.397 e. The zero-order valence-corrected chi connectivity index (χ0v) is 12.5. The van der Waals surface area contributed by atoms with E-state index in [0.717, 1.165) is 18.8 Å². The van der Waals surface area contributed by atoms with Crippen molar-refractivity contribution in [1.29, 1.82) is 0 Å². The second-order valence-electron chi connectivity index (χ2n) is 5.09. The van der Waals surface area contributed by atoms with Gasteiger partial charge in [0.1, 0.15) is 5.82 Å². The van der Waals surface area contributed by atoms with Gasteiger partial charge in [0.05, 0.1) is 15.8 Å². The van der Waals surface area contributed by atoms with E-state index in [9.17, 15) is 4.39 Å². The van der Waals surface area contributed by atoms with E-state index in [2.05, 4.69) is 46.6 Å². The number of nitrogens with two attached hydrogens (primary N) is 1. The lowest BCUT2D eigenvalue weighted by molar-refractivity contribution is 0.170.